The quantitative estimate of drug-likeness (QED) is 0.605. The third-order valence-electron chi connectivity index (χ3n) is 3.10. The number of aromatic hydroxyl groups is 1. The minimum atomic E-state index is -0.118. The molecule has 2 heterocycles. The Morgan fingerprint density at radius 3 is 2.76 bits per heavy atom. The molecule has 0 saturated carbocycles. The second-order valence-corrected chi connectivity index (χ2v) is 4.41. The number of aryl methyl sites for hydroxylation is 1. The van der Waals surface area contributed by atoms with Crippen molar-refractivity contribution in [3.8, 4) is 23.1 Å². The predicted molar refractivity (Wildman–Crippen MR) is 75.0 cm³/mol. The molecule has 0 fully saturated rings. The highest BCUT2D eigenvalue weighted by molar-refractivity contribution is 5.97. The molecule has 5 N–H and O–H groups in total. The number of hydrogen-bond donors (Lipinski definition) is 3. The summed E-state index contributed by atoms with van der Waals surface area (Å²) in [7, 11) is 0. The molecule has 0 saturated heterocycles. The highest BCUT2D eigenvalue weighted by Gasteiger charge is 2.22. The van der Waals surface area contributed by atoms with Gasteiger partial charge in [-0.15, -0.1) is 0 Å². The number of phenols is 1. The van der Waals surface area contributed by atoms with Gasteiger partial charge in [0.05, 0.1) is 11.3 Å². The van der Waals surface area contributed by atoms with Crippen molar-refractivity contribution < 1.29 is 9.63 Å². The van der Waals surface area contributed by atoms with Crippen molar-refractivity contribution in [2.45, 2.75) is 6.92 Å². The van der Waals surface area contributed by atoms with E-state index < -0.39 is 0 Å². The van der Waals surface area contributed by atoms with Crippen LogP contribution in [0.25, 0.3) is 22.2 Å². The third-order valence-corrected chi connectivity index (χ3v) is 3.10. The van der Waals surface area contributed by atoms with E-state index in [4.69, 9.17) is 16.0 Å². The summed E-state index contributed by atoms with van der Waals surface area (Å²) < 4.78 is 5.23. The summed E-state index contributed by atoms with van der Waals surface area (Å²) in [6.45, 7) is 1.76. The number of nitriles is 1. The average Bonchev–Trinajstić information content (AvgIpc) is 2.79. The van der Waals surface area contributed by atoms with Gasteiger partial charge in [0.25, 0.3) is 0 Å². The number of hydrogen-bond acceptors (Lipinski definition) is 8. The Labute approximate surface area is 118 Å². The van der Waals surface area contributed by atoms with Crippen molar-refractivity contribution >= 4 is 22.7 Å². The van der Waals surface area contributed by atoms with E-state index >= 15 is 0 Å². The molecule has 0 aliphatic heterocycles. The summed E-state index contributed by atoms with van der Waals surface area (Å²) in [5, 5.41) is 23.9. The Morgan fingerprint density at radius 1 is 1.29 bits per heavy atom. The van der Waals surface area contributed by atoms with Gasteiger partial charge in [-0.3, -0.25) is 0 Å². The minimum absolute atomic E-state index is 0.0149. The number of aromatic nitrogens is 3. The summed E-state index contributed by atoms with van der Waals surface area (Å²) in [4.78, 5) is 7.75. The molecule has 21 heavy (non-hydrogen) atoms. The second kappa shape index (κ2) is 4.35. The molecule has 8 nitrogen and oxygen atoms in total. The summed E-state index contributed by atoms with van der Waals surface area (Å²) in [5.41, 5.74) is 12.6. The van der Waals surface area contributed by atoms with E-state index in [1.165, 1.54) is 6.07 Å². The van der Waals surface area contributed by atoms with Crippen LogP contribution in [0.5, 0.6) is 5.75 Å². The molecular formula is C13H10N6O2. The lowest BCUT2D eigenvalue weighted by molar-refractivity contribution is 0.446. The Bertz CT molecular complexity index is 909. The number of nitrogens with two attached hydrogens (primary N) is 2. The Balaban J connectivity index is 2.46. The first-order chi connectivity index (χ1) is 10.0. The lowest BCUT2D eigenvalue weighted by atomic mass is 10.0. The van der Waals surface area contributed by atoms with Gasteiger partial charge in [-0.2, -0.15) is 10.2 Å². The lowest BCUT2D eigenvalue weighted by Gasteiger charge is -2.08. The largest absolute Gasteiger partial charge is 0.507 e. The van der Waals surface area contributed by atoms with Crippen LogP contribution in [-0.2, 0) is 0 Å². The summed E-state index contributed by atoms with van der Waals surface area (Å²) in [5.74, 6) is -0.283. The van der Waals surface area contributed by atoms with Gasteiger partial charge in [0.2, 0.25) is 5.95 Å². The fourth-order valence-electron chi connectivity index (χ4n) is 2.13. The van der Waals surface area contributed by atoms with Crippen LogP contribution in [-0.4, -0.2) is 20.2 Å². The van der Waals surface area contributed by atoms with Crippen LogP contribution in [0.2, 0.25) is 0 Å². The van der Waals surface area contributed by atoms with E-state index in [9.17, 15) is 10.4 Å². The maximum Gasteiger partial charge on any atom is 0.222 e. The molecule has 3 rings (SSSR count). The summed E-state index contributed by atoms with van der Waals surface area (Å²) in [6, 6.07) is 5.05. The zero-order chi connectivity index (χ0) is 15.1. The number of nitrogens with zero attached hydrogens (tertiary/aromatic N) is 4. The van der Waals surface area contributed by atoms with Crippen molar-refractivity contribution in [2.24, 2.45) is 0 Å². The molecule has 0 aliphatic carbocycles. The van der Waals surface area contributed by atoms with Crippen LogP contribution in [0.1, 0.15) is 11.3 Å². The monoisotopic (exact) mass is 282 g/mol. The molecule has 0 atom stereocenters. The van der Waals surface area contributed by atoms with Crippen LogP contribution in [0.4, 0.5) is 11.8 Å². The van der Waals surface area contributed by atoms with Gasteiger partial charge < -0.3 is 21.1 Å². The first-order valence-corrected chi connectivity index (χ1v) is 5.94. The minimum Gasteiger partial charge on any atom is -0.507 e. The molecule has 8 heteroatoms. The zero-order valence-electron chi connectivity index (χ0n) is 11.0. The van der Waals surface area contributed by atoms with E-state index in [-0.39, 0.29) is 34.3 Å². The van der Waals surface area contributed by atoms with E-state index in [1.807, 2.05) is 6.07 Å². The highest BCUT2D eigenvalue weighted by Crippen LogP contribution is 2.38. The molecule has 1 aromatic carbocycles. The van der Waals surface area contributed by atoms with Crippen molar-refractivity contribution in [2.75, 3.05) is 11.5 Å². The fraction of sp³-hybridized carbons (Fsp3) is 0.0769. The molecule has 0 spiro atoms. The van der Waals surface area contributed by atoms with E-state index in [0.717, 1.165) is 0 Å². The predicted octanol–water partition coefficient (Wildman–Crippen LogP) is 1.33. The first kappa shape index (κ1) is 12.7. The number of anilines is 2. The van der Waals surface area contributed by atoms with Crippen LogP contribution in [0.15, 0.2) is 16.7 Å². The normalized spacial score (nSPS) is 10.7. The molecular weight excluding hydrogens is 272 g/mol. The summed E-state index contributed by atoms with van der Waals surface area (Å²) in [6.07, 6.45) is 0. The van der Waals surface area contributed by atoms with E-state index in [0.29, 0.717) is 16.7 Å². The highest BCUT2D eigenvalue weighted by atomic mass is 16.5. The Hall–Kier alpha value is -3.34. The topological polar surface area (TPSA) is 148 Å². The van der Waals surface area contributed by atoms with Gasteiger partial charge in [-0.1, -0.05) is 5.16 Å². The molecule has 2 aromatic heterocycles. The van der Waals surface area contributed by atoms with Gasteiger partial charge >= 0.3 is 0 Å². The van der Waals surface area contributed by atoms with Gasteiger partial charge in [0.15, 0.2) is 5.58 Å². The van der Waals surface area contributed by atoms with Gasteiger partial charge in [-0.05, 0) is 19.1 Å². The lowest BCUT2D eigenvalue weighted by Crippen LogP contribution is -2.05. The number of nitrogen functional groups attached to an aromatic ring is 2. The molecule has 0 aliphatic rings. The number of rotatable bonds is 1. The first-order valence-electron chi connectivity index (χ1n) is 5.94. The van der Waals surface area contributed by atoms with Gasteiger partial charge in [0, 0.05) is 5.39 Å². The maximum absolute atomic E-state index is 10.1. The third kappa shape index (κ3) is 1.80. The van der Waals surface area contributed by atoms with Gasteiger partial charge in [0.1, 0.15) is 28.9 Å². The second-order valence-electron chi connectivity index (χ2n) is 4.41. The average molecular weight is 282 g/mol. The van der Waals surface area contributed by atoms with Crippen LogP contribution >= 0.6 is 0 Å². The van der Waals surface area contributed by atoms with Crippen molar-refractivity contribution in [1.82, 2.24) is 15.1 Å². The standard InChI is InChI=1S/C13H10N6O2/c1-5-6-2-3-8(20)9(11(6)21-19-5)10-7(4-14)12(15)18-13(16)17-10/h2-3,20H,1H3,(H4,15,16,17,18). The fourth-order valence-corrected chi connectivity index (χ4v) is 2.13. The number of benzene rings is 1. The molecule has 0 bridgehead atoms. The van der Waals surface area contributed by atoms with E-state index in [2.05, 4.69) is 15.1 Å². The van der Waals surface area contributed by atoms with Crippen LogP contribution in [0, 0.1) is 18.3 Å². The Kier molecular flexibility index (Phi) is 2.62. The van der Waals surface area contributed by atoms with E-state index in [1.54, 1.807) is 13.0 Å². The molecule has 0 unspecified atom stereocenters. The maximum atomic E-state index is 10.1. The van der Waals surface area contributed by atoms with Crippen molar-refractivity contribution in [1.29, 1.82) is 5.26 Å². The van der Waals surface area contributed by atoms with Crippen LogP contribution in [0.3, 0.4) is 0 Å². The molecule has 104 valence electrons. The Morgan fingerprint density at radius 2 is 2.05 bits per heavy atom. The molecule has 3 aromatic rings. The number of phenolic OH excluding ortho intramolecular Hbond substituents is 1. The molecule has 0 radical (unpaired) electrons. The van der Waals surface area contributed by atoms with Crippen LogP contribution < -0.4 is 11.5 Å². The van der Waals surface area contributed by atoms with Crippen molar-refractivity contribution in [3.05, 3.63) is 23.4 Å². The SMILES string of the molecule is Cc1noc2c(-c3nc(N)nc(N)c3C#N)c(O)ccc12. The summed E-state index contributed by atoms with van der Waals surface area (Å²) >= 11 is 0. The smallest absolute Gasteiger partial charge is 0.222 e. The number of fused-ring (bicyclic) bond motifs is 1. The molecule has 0 amide bonds. The van der Waals surface area contributed by atoms with Gasteiger partial charge in [-0.25, -0.2) is 4.98 Å². The zero-order valence-corrected chi connectivity index (χ0v) is 11.0. The van der Waals surface area contributed by atoms with Crippen molar-refractivity contribution in [3.63, 3.8) is 0 Å².